The predicted molar refractivity (Wildman–Crippen MR) is 117 cm³/mol. The maximum atomic E-state index is 13.8. The predicted octanol–water partition coefficient (Wildman–Crippen LogP) is 4.81. The Kier molecular flexibility index (Phi) is 7.45. The van der Waals surface area contributed by atoms with Crippen LogP contribution in [0.3, 0.4) is 0 Å². The number of hydrogen-bond donors (Lipinski definition) is 3. The van der Waals surface area contributed by atoms with Gasteiger partial charge in [0.15, 0.2) is 11.6 Å². The average molecular weight is 464 g/mol. The third-order valence-electron chi connectivity index (χ3n) is 5.06. The lowest BCUT2D eigenvalue weighted by Gasteiger charge is -2.30. The summed E-state index contributed by atoms with van der Waals surface area (Å²) in [6.07, 6.45) is 2.96. The number of carbonyl (C=O) groups excluding carboxylic acids is 2. The quantitative estimate of drug-likeness (QED) is 0.591. The second-order valence-corrected chi connectivity index (χ2v) is 8.97. The van der Waals surface area contributed by atoms with E-state index in [-0.39, 0.29) is 29.2 Å². The fraction of sp³-hybridized carbons (Fsp3) is 0.435. The fourth-order valence-electron chi connectivity index (χ4n) is 3.54. The molecule has 1 heterocycles. The number of rotatable bonds is 5. The first kappa shape index (κ1) is 24.3. The molecule has 7 nitrogen and oxygen atoms in total. The van der Waals surface area contributed by atoms with E-state index in [2.05, 4.69) is 20.9 Å². The Labute approximate surface area is 190 Å². The van der Waals surface area contributed by atoms with Crippen LogP contribution in [0.1, 0.15) is 56.8 Å². The van der Waals surface area contributed by atoms with E-state index in [4.69, 9.17) is 4.74 Å². The number of nitrogens with one attached hydrogen (secondary N) is 3. The lowest BCUT2D eigenvalue weighted by Crippen LogP contribution is -2.45. The first-order valence-electron chi connectivity index (χ1n) is 10.7. The highest BCUT2D eigenvalue weighted by molar-refractivity contribution is 5.99. The summed E-state index contributed by atoms with van der Waals surface area (Å²) in [5.41, 5.74) is -0.482. The number of amides is 2. The van der Waals surface area contributed by atoms with Crippen molar-refractivity contribution in [2.45, 2.75) is 64.1 Å². The summed E-state index contributed by atoms with van der Waals surface area (Å²) in [7, 11) is 0. The Morgan fingerprint density at radius 3 is 2.21 bits per heavy atom. The summed E-state index contributed by atoms with van der Waals surface area (Å²) in [6.45, 7) is 5.36. The first-order valence-corrected chi connectivity index (χ1v) is 10.7. The Hall–Kier alpha value is -3.30. The first-order chi connectivity index (χ1) is 15.5. The van der Waals surface area contributed by atoms with Gasteiger partial charge in [0.05, 0.1) is 11.8 Å². The molecule has 178 valence electrons. The molecule has 0 saturated heterocycles. The zero-order valence-corrected chi connectivity index (χ0v) is 18.7. The van der Waals surface area contributed by atoms with Crippen LogP contribution in [-0.4, -0.2) is 34.7 Å². The molecule has 3 rings (SSSR count). The third kappa shape index (κ3) is 7.10. The largest absolute Gasteiger partial charge is 0.444 e. The van der Waals surface area contributed by atoms with E-state index in [0.717, 1.165) is 24.4 Å². The molecule has 0 radical (unpaired) electrons. The minimum absolute atomic E-state index is 0.0141. The molecule has 0 atom stereocenters. The highest BCUT2D eigenvalue weighted by atomic mass is 19.2. The van der Waals surface area contributed by atoms with Gasteiger partial charge in [-0.3, -0.25) is 4.79 Å². The Balaban J connectivity index is 1.60. The van der Waals surface area contributed by atoms with Crippen molar-refractivity contribution in [1.29, 1.82) is 0 Å². The van der Waals surface area contributed by atoms with Gasteiger partial charge in [-0.25, -0.2) is 22.9 Å². The fourth-order valence-corrected chi connectivity index (χ4v) is 3.54. The minimum atomic E-state index is -1.06. The van der Waals surface area contributed by atoms with Crippen LogP contribution in [0.5, 0.6) is 0 Å². The van der Waals surface area contributed by atoms with Crippen molar-refractivity contribution < 1.29 is 27.5 Å². The van der Waals surface area contributed by atoms with Gasteiger partial charge in [-0.15, -0.1) is 0 Å². The molecular weight excluding hydrogens is 437 g/mol. The number of alkyl carbamates (subject to hydrolysis) is 1. The van der Waals surface area contributed by atoms with Crippen LogP contribution in [0.4, 0.5) is 29.5 Å². The molecule has 1 aromatic heterocycles. The van der Waals surface area contributed by atoms with E-state index >= 15 is 0 Å². The van der Waals surface area contributed by atoms with Crippen molar-refractivity contribution in [3.05, 3.63) is 53.5 Å². The van der Waals surface area contributed by atoms with Gasteiger partial charge < -0.3 is 20.7 Å². The maximum absolute atomic E-state index is 13.8. The van der Waals surface area contributed by atoms with Crippen molar-refractivity contribution in [3.63, 3.8) is 0 Å². The van der Waals surface area contributed by atoms with Crippen LogP contribution in [-0.2, 0) is 4.74 Å². The van der Waals surface area contributed by atoms with Crippen molar-refractivity contribution in [2.75, 3.05) is 5.32 Å². The molecule has 33 heavy (non-hydrogen) atoms. The molecule has 0 unspecified atom stereocenters. The van der Waals surface area contributed by atoms with Gasteiger partial charge in [0, 0.05) is 23.8 Å². The number of benzene rings is 1. The number of carbonyl (C=O) groups is 2. The average Bonchev–Trinajstić information content (AvgIpc) is 2.72. The molecule has 0 spiro atoms. The number of halogens is 3. The molecule has 1 saturated carbocycles. The second-order valence-electron chi connectivity index (χ2n) is 8.97. The summed E-state index contributed by atoms with van der Waals surface area (Å²) < 4.78 is 45.7. The zero-order valence-electron chi connectivity index (χ0n) is 18.7. The van der Waals surface area contributed by atoms with Gasteiger partial charge >= 0.3 is 6.09 Å². The molecule has 2 aromatic rings. The van der Waals surface area contributed by atoms with Crippen molar-refractivity contribution in [1.82, 2.24) is 15.6 Å². The summed E-state index contributed by atoms with van der Waals surface area (Å²) >= 11 is 0. The van der Waals surface area contributed by atoms with E-state index in [1.54, 1.807) is 20.8 Å². The normalized spacial score (nSPS) is 18.4. The van der Waals surface area contributed by atoms with E-state index in [1.165, 1.54) is 6.07 Å². The SMILES string of the molecule is CC(C)(C)OC(=O)NC1CCC(NC(=O)c2cc(F)cnc2Nc2ccc(F)c(F)c2)CC1. The molecule has 1 aromatic carbocycles. The van der Waals surface area contributed by atoms with Crippen molar-refractivity contribution in [3.8, 4) is 0 Å². The number of nitrogens with zero attached hydrogens (tertiary/aromatic N) is 1. The van der Waals surface area contributed by atoms with E-state index in [9.17, 15) is 22.8 Å². The summed E-state index contributed by atoms with van der Waals surface area (Å²) in [4.78, 5) is 28.7. The van der Waals surface area contributed by atoms with Crippen LogP contribution in [0.2, 0.25) is 0 Å². The topological polar surface area (TPSA) is 92.4 Å². The van der Waals surface area contributed by atoms with Gasteiger partial charge in [0.1, 0.15) is 17.2 Å². The molecule has 1 fully saturated rings. The number of aromatic nitrogens is 1. The van der Waals surface area contributed by atoms with E-state index in [0.29, 0.717) is 25.7 Å². The van der Waals surface area contributed by atoms with Gasteiger partial charge in [0.25, 0.3) is 5.91 Å². The summed E-state index contributed by atoms with van der Waals surface area (Å²) in [5, 5.41) is 8.42. The number of anilines is 2. The van der Waals surface area contributed by atoms with Gasteiger partial charge in [0.2, 0.25) is 0 Å². The molecule has 1 aliphatic carbocycles. The van der Waals surface area contributed by atoms with Crippen molar-refractivity contribution in [2.24, 2.45) is 0 Å². The Morgan fingerprint density at radius 1 is 0.970 bits per heavy atom. The van der Waals surface area contributed by atoms with Crippen molar-refractivity contribution >= 4 is 23.5 Å². The molecule has 3 N–H and O–H groups in total. The Bertz CT molecular complexity index is 1020. The van der Waals surface area contributed by atoms with Gasteiger partial charge in [-0.1, -0.05) is 0 Å². The summed E-state index contributed by atoms with van der Waals surface area (Å²) in [6, 6.07) is 3.93. The summed E-state index contributed by atoms with van der Waals surface area (Å²) in [5.74, 6) is -3.32. The standard InChI is InChI=1S/C23H27F3N4O3/c1-23(2,3)33-22(32)30-15-6-4-14(5-7-15)29-21(31)17-10-13(24)12-27-20(17)28-16-8-9-18(25)19(26)11-16/h8-12,14-15H,4-7H2,1-3H3,(H,27,28)(H,29,31)(H,30,32). The van der Waals surface area contributed by atoms with E-state index in [1.807, 2.05) is 0 Å². The Morgan fingerprint density at radius 2 is 1.61 bits per heavy atom. The third-order valence-corrected chi connectivity index (χ3v) is 5.06. The highest BCUT2D eigenvalue weighted by Gasteiger charge is 2.26. The van der Waals surface area contributed by atoms with Crippen LogP contribution in [0.15, 0.2) is 30.5 Å². The van der Waals surface area contributed by atoms with Crippen LogP contribution in [0.25, 0.3) is 0 Å². The molecule has 1 aliphatic rings. The van der Waals surface area contributed by atoms with Crippen LogP contribution >= 0.6 is 0 Å². The van der Waals surface area contributed by atoms with Crippen LogP contribution < -0.4 is 16.0 Å². The van der Waals surface area contributed by atoms with E-state index < -0.39 is 35.1 Å². The van der Waals surface area contributed by atoms with Gasteiger partial charge in [-0.2, -0.15) is 0 Å². The molecular formula is C23H27F3N4O3. The van der Waals surface area contributed by atoms with Crippen LogP contribution in [0, 0.1) is 17.5 Å². The lowest BCUT2D eigenvalue weighted by atomic mass is 9.91. The molecule has 2 amide bonds. The number of pyridine rings is 1. The molecule has 0 aliphatic heterocycles. The number of ether oxygens (including phenoxy) is 1. The monoisotopic (exact) mass is 464 g/mol. The molecule has 0 bridgehead atoms. The molecule has 10 heteroatoms. The maximum Gasteiger partial charge on any atom is 0.407 e. The smallest absolute Gasteiger partial charge is 0.407 e. The highest BCUT2D eigenvalue weighted by Crippen LogP contribution is 2.23. The lowest BCUT2D eigenvalue weighted by molar-refractivity contribution is 0.0488. The minimum Gasteiger partial charge on any atom is -0.444 e. The second kappa shape index (κ2) is 10.1. The zero-order chi connectivity index (χ0) is 24.2. The van der Waals surface area contributed by atoms with Gasteiger partial charge in [-0.05, 0) is 64.7 Å². The number of hydrogen-bond acceptors (Lipinski definition) is 5.